The van der Waals surface area contributed by atoms with E-state index in [1.54, 1.807) is 16.7 Å². The fourth-order valence-corrected chi connectivity index (χ4v) is 2.60. The first-order valence-electron chi connectivity index (χ1n) is 6.03. The number of rotatable bonds is 1. The Kier molecular flexibility index (Phi) is 2.44. The Morgan fingerprint density at radius 1 is 1.10 bits per heavy atom. The SMILES string of the molecule is Fc1ccc2nc(-c3cc4cc(Br)ccc4o3)cn2c1. The summed E-state index contributed by atoms with van der Waals surface area (Å²) in [7, 11) is 0. The molecule has 0 radical (unpaired) electrons. The summed E-state index contributed by atoms with van der Waals surface area (Å²) in [5.74, 6) is 0.372. The second-order valence-corrected chi connectivity index (χ2v) is 5.45. The predicted octanol–water partition coefficient (Wildman–Crippen LogP) is 4.65. The van der Waals surface area contributed by atoms with Gasteiger partial charge in [-0.2, -0.15) is 0 Å². The largest absolute Gasteiger partial charge is 0.454 e. The highest BCUT2D eigenvalue weighted by atomic mass is 79.9. The van der Waals surface area contributed by atoms with Crippen LogP contribution in [0, 0.1) is 5.82 Å². The van der Waals surface area contributed by atoms with E-state index in [0.717, 1.165) is 15.4 Å². The summed E-state index contributed by atoms with van der Waals surface area (Å²) in [6.45, 7) is 0. The van der Waals surface area contributed by atoms with Crippen LogP contribution in [0.25, 0.3) is 28.1 Å². The van der Waals surface area contributed by atoms with Gasteiger partial charge in [-0.05, 0) is 36.4 Å². The minimum absolute atomic E-state index is 0.296. The van der Waals surface area contributed by atoms with Gasteiger partial charge in [0.2, 0.25) is 0 Å². The van der Waals surface area contributed by atoms with Crippen LogP contribution in [0.15, 0.2) is 57.7 Å². The lowest BCUT2D eigenvalue weighted by Crippen LogP contribution is -1.83. The highest BCUT2D eigenvalue weighted by molar-refractivity contribution is 9.10. The molecule has 4 aromatic rings. The van der Waals surface area contributed by atoms with Crippen molar-refractivity contribution < 1.29 is 8.81 Å². The van der Waals surface area contributed by atoms with Crippen molar-refractivity contribution in [3.05, 3.63) is 59.1 Å². The zero-order chi connectivity index (χ0) is 13.7. The molecule has 0 aliphatic rings. The highest BCUT2D eigenvalue weighted by Gasteiger charge is 2.10. The predicted molar refractivity (Wildman–Crippen MR) is 78.1 cm³/mol. The molecule has 0 fully saturated rings. The van der Waals surface area contributed by atoms with Gasteiger partial charge < -0.3 is 8.82 Å². The van der Waals surface area contributed by atoms with Crippen LogP contribution in [-0.2, 0) is 0 Å². The van der Waals surface area contributed by atoms with Gasteiger partial charge in [-0.1, -0.05) is 15.9 Å². The fraction of sp³-hybridized carbons (Fsp3) is 0. The molecule has 0 N–H and O–H groups in total. The molecule has 0 unspecified atom stereocenters. The first kappa shape index (κ1) is 11.7. The van der Waals surface area contributed by atoms with Crippen LogP contribution in [0.5, 0.6) is 0 Å². The molecule has 5 heteroatoms. The smallest absolute Gasteiger partial charge is 0.155 e. The van der Waals surface area contributed by atoms with E-state index in [-0.39, 0.29) is 5.82 Å². The summed E-state index contributed by atoms with van der Waals surface area (Å²) in [5.41, 5.74) is 2.16. The van der Waals surface area contributed by atoms with Crippen molar-refractivity contribution in [2.24, 2.45) is 0 Å². The Labute approximate surface area is 121 Å². The number of halogens is 2. The Morgan fingerprint density at radius 2 is 2.00 bits per heavy atom. The Balaban J connectivity index is 1.91. The molecule has 0 spiro atoms. The second-order valence-electron chi connectivity index (χ2n) is 4.53. The van der Waals surface area contributed by atoms with Crippen molar-refractivity contribution in [3.8, 4) is 11.5 Å². The van der Waals surface area contributed by atoms with Crippen molar-refractivity contribution in [3.63, 3.8) is 0 Å². The lowest BCUT2D eigenvalue weighted by Gasteiger charge is -1.90. The van der Waals surface area contributed by atoms with E-state index in [1.807, 2.05) is 24.3 Å². The molecule has 3 nitrogen and oxygen atoms in total. The van der Waals surface area contributed by atoms with Gasteiger partial charge in [0.25, 0.3) is 0 Å². The maximum Gasteiger partial charge on any atom is 0.155 e. The summed E-state index contributed by atoms with van der Waals surface area (Å²) in [6, 6.07) is 10.8. The minimum atomic E-state index is -0.296. The number of pyridine rings is 1. The fourth-order valence-electron chi connectivity index (χ4n) is 2.22. The Bertz CT molecular complexity index is 864. The van der Waals surface area contributed by atoms with Crippen LogP contribution in [0.4, 0.5) is 4.39 Å². The van der Waals surface area contributed by atoms with E-state index in [2.05, 4.69) is 20.9 Å². The van der Waals surface area contributed by atoms with Gasteiger partial charge >= 0.3 is 0 Å². The Hall–Kier alpha value is -2.14. The molecule has 4 rings (SSSR count). The average Bonchev–Trinajstić information content (AvgIpc) is 3.00. The van der Waals surface area contributed by atoms with E-state index in [0.29, 0.717) is 17.1 Å². The maximum absolute atomic E-state index is 13.2. The van der Waals surface area contributed by atoms with Crippen LogP contribution in [0.2, 0.25) is 0 Å². The number of hydrogen-bond donors (Lipinski definition) is 0. The van der Waals surface area contributed by atoms with Gasteiger partial charge in [-0.15, -0.1) is 0 Å². The number of hydrogen-bond acceptors (Lipinski definition) is 2. The van der Waals surface area contributed by atoms with E-state index in [4.69, 9.17) is 4.42 Å². The van der Waals surface area contributed by atoms with Crippen molar-refractivity contribution in [2.75, 3.05) is 0 Å². The topological polar surface area (TPSA) is 30.4 Å². The number of fused-ring (bicyclic) bond motifs is 2. The number of furan rings is 1. The third kappa shape index (κ3) is 1.82. The summed E-state index contributed by atoms with van der Waals surface area (Å²) in [6.07, 6.45) is 3.15. The highest BCUT2D eigenvalue weighted by Crippen LogP contribution is 2.29. The summed E-state index contributed by atoms with van der Waals surface area (Å²) >= 11 is 3.43. The molecule has 3 aromatic heterocycles. The van der Waals surface area contributed by atoms with Gasteiger partial charge in [0.15, 0.2) is 5.76 Å². The molecule has 20 heavy (non-hydrogen) atoms. The standard InChI is InChI=1S/C15H8BrFN2O/c16-10-1-3-13-9(5-10)6-14(20-13)12-8-19-7-11(17)2-4-15(19)18-12/h1-8H. The van der Waals surface area contributed by atoms with Gasteiger partial charge in [-0.25, -0.2) is 9.37 Å². The van der Waals surface area contributed by atoms with Gasteiger partial charge in [0.05, 0.1) is 0 Å². The van der Waals surface area contributed by atoms with Crippen LogP contribution in [-0.4, -0.2) is 9.38 Å². The molecule has 0 atom stereocenters. The molecule has 1 aromatic carbocycles. The lowest BCUT2D eigenvalue weighted by atomic mass is 10.2. The zero-order valence-corrected chi connectivity index (χ0v) is 11.8. The second kappa shape index (κ2) is 4.18. The molecule has 0 bridgehead atoms. The van der Waals surface area contributed by atoms with Crippen molar-refractivity contribution in [1.82, 2.24) is 9.38 Å². The molecule has 0 aliphatic carbocycles. The molecule has 0 saturated heterocycles. The third-order valence-corrected chi connectivity index (χ3v) is 3.64. The molecule has 3 heterocycles. The molecule has 0 aliphatic heterocycles. The van der Waals surface area contributed by atoms with Crippen LogP contribution in [0.3, 0.4) is 0 Å². The van der Waals surface area contributed by atoms with Crippen LogP contribution >= 0.6 is 15.9 Å². The normalized spacial score (nSPS) is 11.5. The number of benzene rings is 1. The summed E-state index contributed by atoms with van der Waals surface area (Å²) < 4.78 is 21.6. The van der Waals surface area contributed by atoms with Crippen LogP contribution in [0.1, 0.15) is 0 Å². The number of aromatic nitrogens is 2. The monoisotopic (exact) mass is 330 g/mol. The van der Waals surface area contributed by atoms with Crippen molar-refractivity contribution in [2.45, 2.75) is 0 Å². The first-order valence-corrected chi connectivity index (χ1v) is 6.82. The maximum atomic E-state index is 13.2. The summed E-state index contributed by atoms with van der Waals surface area (Å²) in [5, 5.41) is 0.998. The van der Waals surface area contributed by atoms with Gasteiger partial charge in [0.1, 0.15) is 22.7 Å². The van der Waals surface area contributed by atoms with E-state index < -0.39 is 0 Å². The number of imidazole rings is 1. The molecule has 0 saturated carbocycles. The molecular formula is C15H8BrFN2O. The lowest BCUT2D eigenvalue weighted by molar-refractivity contribution is 0.619. The minimum Gasteiger partial charge on any atom is -0.454 e. The third-order valence-electron chi connectivity index (χ3n) is 3.15. The van der Waals surface area contributed by atoms with E-state index in [1.165, 1.54) is 12.3 Å². The molecule has 98 valence electrons. The number of nitrogens with zero attached hydrogens (tertiary/aromatic N) is 2. The van der Waals surface area contributed by atoms with Gasteiger partial charge in [0, 0.05) is 22.3 Å². The Morgan fingerprint density at radius 3 is 2.90 bits per heavy atom. The van der Waals surface area contributed by atoms with Crippen LogP contribution < -0.4 is 0 Å². The molecule has 0 amide bonds. The first-order chi connectivity index (χ1) is 9.69. The van der Waals surface area contributed by atoms with Crippen molar-refractivity contribution in [1.29, 1.82) is 0 Å². The van der Waals surface area contributed by atoms with Crippen molar-refractivity contribution >= 4 is 32.5 Å². The quantitative estimate of drug-likeness (QED) is 0.508. The zero-order valence-electron chi connectivity index (χ0n) is 10.2. The molecular weight excluding hydrogens is 323 g/mol. The van der Waals surface area contributed by atoms with Gasteiger partial charge in [-0.3, -0.25) is 0 Å². The summed E-state index contributed by atoms with van der Waals surface area (Å²) in [4.78, 5) is 4.43. The average molecular weight is 331 g/mol. The van der Waals surface area contributed by atoms with E-state index >= 15 is 0 Å². The van der Waals surface area contributed by atoms with E-state index in [9.17, 15) is 4.39 Å².